The lowest BCUT2D eigenvalue weighted by atomic mass is 9.91. The third-order valence-corrected chi connectivity index (χ3v) is 7.34. The summed E-state index contributed by atoms with van der Waals surface area (Å²) in [7, 11) is 0. The number of rotatable bonds is 5. The summed E-state index contributed by atoms with van der Waals surface area (Å²) < 4.78 is 1.73. The first-order chi connectivity index (χ1) is 15.8. The molecule has 0 spiro atoms. The maximum atomic E-state index is 13.8. The Labute approximate surface area is 201 Å². The third-order valence-electron chi connectivity index (χ3n) is 7.09. The predicted molar refractivity (Wildman–Crippen MR) is 130 cm³/mol. The number of amides is 2. The largest absolute Gasteiger partial charge is 0.351 e. The Morgan fingerprint density at radius 2 is 1.79 bits per heavy atom. The van der Waals surface area contributed by atoms with Gasteiger partial charge < -0.3 is 10.2 Å². The topological polar surface area (TPSA) is 67.2 Å². The lowest BCUT2D eigenvalue weighted by molar-refractivity contribution is -0.134. The summed E-state index contributed by atoms with van der Waals surface area (Å²) in [5.41, 5.74) is 1.32. The molecule has 0 radical (unpaired) electrons. The van der Waals surface area contributed by atoms with Gasteiger partial charge in [0.2, 0.25) is 5.91 Å². The number of nitrogens with one attached hydrogen (secondary N) is 1. The number of aromatic nitrogens is 2. The molecular formula is C26H35ClN4O2. The molecule has 1 atom stereocenters. The molecule has 1 saturated carbocycles. The second-order valence-corrected chi connectivity index (χ2v) is 10.5. The lowest BCUT2D eigenvalue weighted by Crippen LogP contribution is -2.64. The number of hydrogen-bond donors (Lipinski definition) is 1. The van der Waals surface area contributed by atoms with Gasteiger partial charge in [-0.1, -0.05) is 69.7 Å². The van der Waals surface area contributed by atoms with Crippen LogP contribution in [0.1, 0.15) is 93.4 Å². The van der Waals surface area contributed by atoms with E-state index in [1.807, 2.05) is 37.3 Å². The summed E-state index contributed by atoms with van der Waals surface area (Å²) in [5.74, 6) is -0.0517. The van der Waals surface area contributed by atoms with E-state index in [2.05, 4.69) is 24.3 Å². The molecule has 1 fully saturated rings. The molecule has 6 nitrogen and oxygen atoms in total. The van der Waals surface area contributed by atoms with E-state index < -0.39 is 5.54 Å². The number of carbonyl (C=O) groups excluding carboxylic acids is 2. The van der Waals surface area contributed by atoms with Crippen molar-refractivity contribution in [1.29, 1.82) is 0 Å². The van der Waals surface area contributed by atoms with E-state index in [4.69, 9.17) is 11.6 Å². The van der Waals surface area contributed by atoms with E-state index in [1.54, 1.807) is 9.58 Å². The molecule has 0 bridgehead atoms. The molecule has 1 aliphatic carbocycles. The van der Waals surface area contributed by atoms with E-state index in [0.29, 0.717) is 23.8 Å². The molecule has 178 valence electrons. The van der Waals surface area contributed by atoms with Crippen LogP contribution in [0.4, 0.5) is 0 Å². The summed E-state index contributed by atoms with van der Waals surface area (Å²) in [5, 5.41) is 8.63. The van der Waals surface area contributed by atoms with Crippen molar-refractivity contribution in [3.05, 3.63) is 52.3 Å². The summed E-state index contributed by atoms with van der Waals surface area (Å²) >= 11 is 6.07. The fraction of sp³-hybridized carbons (Fsp3) is 0.577. The van der Waals surface area contributed by atoms with Crippen molar-refractivity contribution in [2.45, 2.75) is 96.3 Å². The molecule has 0 unspecified atom stereocenters. The number of fused-ring (bicyclic) bond motifs is 1. The van der Waals surface area contributed by atoms with Crippen LogP contribution in [0.5, 0.6) is 0 Å². The quantitative estimate of drug-likeness (QED) is 0.644. The summed E-state index contributed by atoms with van der Waals surface area (Å²) in [6.45, 7) is 6.67. The molecule has 33 heavy (non-hydrogen) atoms. The highest BCUT2D eigenvalue weighted by Gasteiger charge is 2.48. The molecular weight excluding hydrogens is 436 g/mol. The van der Waals surface area contributed by atoms with Crippen LogP contribution in [0.15, 0.2) is 30.3 Å². The zero-order chi connectivity index (χ0) is 23.6. The summed E-state index contributed by atoms with van der Waals surface area (Å²) in [6.07, 6.45) is 7.99. The number of hydrogen-bond acceptors (Lipinski definition) is 3. The highest BCUT2D eigenvalue weighted by Crippen LogP contribution is 2.31. The van der Waals surface area contributed by atoms with Crippen LogP contribution >= 0.6 is 11.6 Å². The molecule has 2 heterocycles. The van der Waals surface area contributed by atoms with Crippen molar-refractivity contribution in [1.82, 2.24) is 20.0 Å². The first kappa shape index (κ1) is 23.8. The molecule has 2 aromatic rings. The molecule has 1 aliphatic heterocycles. The van der Waals surface area contributed by atoms with Gasteiger partial charge in [0.25, 0.3) is 5.91 Å². The summed E-state index contributed by atoms with van der Waals surface area (Å²) in [4.78, 5) is 29.2. The predicted octanol–water partition coefficient (Wildman–Crippen LogP) is 5.30. The van der Waals surface area contributed by atoms with E-state index in [-0.39, 0.29) is 23.8 Å². The van der Waals surface area contributed by atoms with E-state index in [9.17, 15) is 9.59 Å². The van der Waals surface area contributed by atoms with E-state index in [1.165, 1.54) is 19.3 Å². The van der Waals surface area contributed by atoms with Gasteiger partial charge in [-0.25, -0.2) is 0 Å². The Balaban J connectivity index is 1.65. The SMILES string of the molecule is CC(C)c1cc2n(n1)C[C@](C)(C(=O)NC1CCCCCCC1)N(Cc1ccc(Cl)cc1)C2=O. The van der Waals surface area contributed by atoms with Gasteiger partial charge in [-0.3, -0.25) is 14.3 Å². The average molecular weight is 471 g/mol. The first-order valence-corrected chi connectivity index (χ1v) is 12.6. The monoisotopic (exact) mass is 470 g/mol. The Morgan fingerprint density at radius 1 is 1.15 bits per heavy atom. The van der Waals surface area contributed by atoms with Crippen molar-refractivity contribution >= 4 is 23.4 Å². The number of benzene rings is 1. The van der Waals surface area contributed by atoms with Crippen LogP contribution in [0.25, 0.3) is 0 Å². The van der Waals surface area contributed by atoms with Crippen LogP contribution in [0.2, 0.25) is 5.02 Å². The van der Waals surface area contributed by atoms with Gasteiger partial charge in [-0.15, -0.1) is 0 Å². The van der Waals surface area contributed by atoms with Crippen LogP contribution in [-0.2, 0) is 17.9 Å². The third kappa shape index (κ3) is 5.11. The Hall–Kier alpha value is -2.34. The standard InChI is InChI=1S/C26H35ClN4O2/c1-18(2)22-15-23-24(32)30(16-19-11-13-20(27)14-12-19)26(3,17-31(23)29-22)25(33)28-21-9-7-5-4-6-8-10-21/h11-15,18,21H,4-10,16-17H2,1-3H3,(H,28,33)/t26-/m1/s1. The highest BCUT2D eigenvalue weighted by molar-refractivity contribution is 6.30. The molecule has 2 amide bonds. The Morgan fingerprint density at radius 3 is 2.42 bits per heavy atom. The van der Waals surface area contributed by atoms with Crippen LogP contribution in [-0.4, -0.2) is 38.1 Å². The maximum Gasteiger partial charge on any atom is 0.273 e. The molecule has 1 aromatic carbocycles. The first-order valence-electron chi connectivity index (χ1n) is 12.2. The second kappa shape index (κ2) is 9.88. The molecule has 7 heteroatoms. The highest BCUT2D eigenvalue weighted by atomic mass is 35.5. The fourth-order valence-electron chi connectivity index (χ4n) is 4.91. The Bertz CT molecular complexity index is 992. The molecule has 1 aromatic heterocycles. The fourth-order valence-corrected chi connectivity index (χ4v) is 5.03. The van der Waals surface area contributed by atoms with Crippen molar-refractivity contribution in [2.24, 2.45) is 0 Å². The van der Waals surface area contributed by atoms with Crippen molar-refractivity contribution in [3.8, 4) is 0 Å². The smallest absolute Gasteiger partial charge is 0.273 e. The minimum atomic E-state index is -1.04. The van der Waals surface area contributed by atoms with Crippen LogP contribution in [0, 0.1) is 0 Å². The number of carbonyl (C=O) groups is 2. The molecule has 2 aliphatic rings. The van der Waals surface area contributed by atoms with Gasteiger partial charge in [-0.05, 0) is 49.4 Å². The van der Waals surface area contributed by atoms with Crippen LogP contribution < -0.4 is 5.32 Å². The van der Waals surface area contributed by atoms with Gasteiger partial charge in [0.1, 0.15) is 11.2 Å². The van der Waals surface area contributed by atoms with Crippen molar-refractivity contribution in [3.63, 3.8) is 0 Å². The van der Waals surface area contributed by atoms with Gasteiger partial charge in [-0.2, -0.15) is 5.10 Å². The normalized spacial score (nSPS) is 22.1. The minimum Gasteiger partial charge on any atom is -0.351 e. The van der Waals surface area contributed by atoms with Gasteiger partial charge >= 0.3 is 0 Å². The van der Waals surface area contributed by atoms with E-state index in [0.717, 1.165) is 36.9 Å². The van der Waals surface area contributed by atoms with E-state index >= 15 is 0 Å². The van der Waals surface area contributed by atoms with Gasteiger partial charge in [0.15, 0.2) is 0 Å². The lowest BCUT2D eigenvalue weighted by Gasteiger charge is -2.44. The summed E-state index contributed by atoms with van der Waals surface area (Å²) in [6, 6.07) is 9.49. The molecule has 0 saturated heterocycles. The van der Waals surface area contributed by atoms with Crippen LogP contribution in [0.3, 0.4) is 0 Å². The zero-order valence-corrected chi connectivity index (χ0v) is 20.7. The van der Waals surface area contributed by atoms with Crippen molar-refractivity contribution in [2.75, 3.05) is 0 Å². The molecule has 4 rings (SSSR count). The molecule has 1 N–H and O–H groups in total. The second-order valence-electron chi connectivity index (χ2n) is 10.1. The number of halogens is 1. The number of nitrogens with zero attached hydrogens (tertiary/aromatic N) is 3. The Kier molecular flexibility index (Phi) is 7.13. The maximum absolute atomic E-state index is 13.8. The average Bonchev–Trinajstić information content (AvgIpc) is 3.18. The van der Waals surface area contributed by atoms with Gasteiger partial charge in [0.05, 0.1) is 12.2 Å². The van der Waals surface area contributed by atoms with Crippen molar-refractivity contribution < 1.29 is 9.59 Å². The van der Waals surface area contributed by atoms with Gasteiger partial charge in [0, 0.05) is 17.6 Å². The minimum absolute atomic E-state index is 0.0948. The zero-order valence-electron chi connectivity index (χ0n) is 19.9.